The number of rotatable bonds is 1. The summed E-state index contributed by atoms with van der Waals surface area (Å²) in [5.41, 5.74) is -0.661. The van der Waals surface area contributed by atoms with Crippen molar-refractivity contribution >= 4 is 5.91 Å². The lowest BCUT2D eigenvalue weighted by atomic mass is 9.69. The normalized spacial score (nSPS) is 23.8. The van der Waals surface area contributed by atoms with Gasteiger partial charge < -0.3 is 4.90 Å². The van der Waals surface area contributed by atoms with E-state index in [0.29, 0.717) is 13.1 Å². The fourth-order valence-electron chi connectivity index (χ4n) is 1.85. The van der Waals surface area contributed by atoms with Crippen molar-refractivity contribution in [2.24, 2.45) is 5.41 Å². The minimum absolute atomic E-state index is 0.0336. The van der Waals surface area contributed by atoms with Gasteiger partial charge in [0.05, 0.1) is 6.07 Å². The van der Waals surface area contributed by atoms with Crippen LogP contribution in [0.1, 0.15) is 19.3 Å². The van der Waals surface area contributed by atoms with Gasteiger partial charge in [-0.05, 0) is 19.3 Å². The summed E-state index contributed by atoms with van der Waals surface area (Å²) in [6.45, 7) is 1.37. The van der Waals surface area contributed by atoms with Crippen molar-refractivity contribution in [3.63, 3.8) is 0 Å². The number of carbonyl (C=O) groups is 1. The van der Waals surface area contributed by atoms with Crippen LogP contribution in [0.15, 0.2) is 12.2 Å². The first kappa shape index (κ1) is 8.31. The summed E-state index contributed by atoms with van der Waals surface area (Å²) in [6.07, 6.45) is 6.46. The first-order valence-electron chi connectivity index (χ1n) is 4.64. The molecule has 0 saturated heterocycles. The monoisotopic (exact) mass is 176 g/mol. The highest BCUT2D eigenvalue weighted by Crippen LogP contribution is 2.42. The van der Waals surface area contributed by atoms with E-state index in [9.17, 15) is 4.79 Å². The van der Waals surface area contributed by atoms with E-state index in [1.54, 1.807) is 4.90 Å². The van der Waals surface area contributed by atoms with Gasteiger partial charge in [-0.3, -0.25) is 4.79 Å². The smallest absolute Gasteiger partial charge is 0.243 e. The SMILES string of the molecule is N#CC1(C(=O)N2CC=CC2)CCC1. The molecule has 0 aromatic carbocycles. The van der Waals surface area contributed by atoms with Crippen LogP contribution in [-0.4, -0.2) is 23.9 Å². The van der Waals surface area contributed by atoms with Gasteiger partial charge in [0.1, 0.15) is 5.41 Å². The molecule has 2 rings (SSSR count). The van der Waals surface area contributed by atoms with Crippen LogP contribution in [0.4, 0.5) is 0 Å². The number of hydrogen-bond acceptors (Lipinski definition) is 2. The Morgan fingerprint density at radius 1 is 1.38 bits per heavy atom. The Morgan fingerprint density at radius 3 is 2.38 bits per heavy atom. The third kappa shape index (κ3) is 1.14. The minimum atomic E-state index is -0.661. The number of hydrogen-bond donors (Lipinski definition) is 0. The predicted octanol–water partition coefficient (Wildman–Crippen LogP) is 1.08. The van der Waals surface area contributed by atoms with E-state index >= 15 is 0 Å². The van der Waals surface area contributed by atoms with Gasteiger partial charge in [0.15, 0.2) is 0 Å². The Morgan fingerprint density at radius 2 is 2.00 bits per heavy atom. The largest absolute Gasteiger partial charge is 0.334 e. The molecule has 1 aliphatic heterocycles. The Labute approximate surface area is 77.6 Å². The quantitative estimate of drug-likeness (QED) is 0.561. The van der Waals surface area contributed by atoms with Crippen molar-refractivity contribution in [2.75, 3.05) is 13.1 Å². The zero-order chi connectivity index (χ0) is 9.31. The maximum absolute atomic E-state index is 11.8. The molecule has 1 aliphatic carbocycles. The summed E-state index contributed by atoms with van der Waals surface area (Å²) < 4.78 is 0. The molecule has 0 aromatic heterocycles. The second kappa shape index (κ2) is 2.88. The van der Waals surface area contributed by atoms with Crippen LogP contribution in [0.25, 0.3) is 0 Å². The molecule has 0 unspecified atom stereocenters. The molecule has 0 aromatic rings. The molecule has 0 radical (unpaired) electrons. The molecule has 3 heteroatoms. The van der Waals surface area contributed by atoms with Crippen molar-refractivity contribution in [2.45, 2.75) is 19.3 Å². The lowest BCUT2D eigenvalue weighted by Crippen LogP contribution is -2.46. The topological polar surface area (TPSA) is 44.1 Å². The fraction of sp³-hybridized carbons (Fsp3) is 0.600. The van der Waals surface area contributed by atoms with Crippen molar-refractivity contribution in [3.05, 3.63) is 12.2 Å². The van der Waals surface area contributed by atoms with Crippen LogP contribution in [0, 0.1) is 16.7 Å². The van der Waals surface area contributed by atoms with E-state index in [1.807, 2.05) is 12.2 Å². The summed E-state index contributed by atoms with van der Waals surface area (Å²) >= 11 is 0. The first-order valence-corrected chi connectivity index (χ1v) is 4.64. The average Bonchev–Trinajstić information content (AvgIpc) is 2.54. The molecule has 2 aliphatic rings. The molecule has 68 valence electrons. The Balaban J connectivity index is 2.08. The van der Waals surface area contributed by atoms with Gasteiger partial charge in [-0.2, -0.15) is 5.26 Å². The van der Waals surface area contributed by atoms with Crippen molar-refractivity contribution in [1.82, 2.24) is 4.90 Å². The maximum atomic E-state index is 11.8. The highest BCUT2D eigenvalue weighted by Gasteiger charge is 2.46. The Bertz CT molecular complexity index is 289. The van der Waals surface area contributed by atoms with Crippen LogP contribution >= 0.6 is 0 Å². The summed E-state index contributed by atoms with van der Waals surface area (Å²) in [5.74, 6) is 0.0336. The summed E-state index contributed by atoms with van der Waals surface area (Å²) in [6, 6.07) is 2.17. The molecule has 1 saturated carbocycles. The molecule has 0 N–H and O–H groups in total. The van der Waals surface area contributed by atoms with Crippen LogP contribution in [0.5, 0.6) is 0 Å². The summed E-state index contributed by atoms with van der Waals surface area (Å²) in [5, 5.41) is 8.95. The number of nitrogens with zero attached hydrogens (tertiary/aromatic N) is 2. The first-order chi connectivity index (χ1) is 6.28. The second-order valence-corrected chi connectivity index (χ2v) is 3.73. The van der Waals surface area contributed by atoms with E-state index in [4.69, 9.17) is 5.26 Å². The number of amides is 1. The van der Waals surface area contributed by atoms with E-state index in [0.717, 1.165) is 19.3 Å². The van der Waals surface area contributed by atoms with E-state index in [1.165, 1.54) is 0 Å². The van der Waals surface area contributed by atoms with Crippen LogP contribution < -0.4 is 0 Å². The third-order valence-corrected chi connectivity index (χ3v) is 2.94. The predicted molar refractivity (Wildman–Crippen MR) is 47.6 cm³/mol. The standard InChI is InChI=1S/C10H12N2O/c11-8-10(4-3-5-10)9(13)12-6-1-2-7-12/h1-2H,3-7H2. The zero-order valence-electron chi connectivity index (χ0n) is 7.49. The molecule has 1 fully saturated rings. The van der Waals surface area contributed by atoms with Crippen LogP contribution in [0.3, 0.4) is 0 Å². The van der Waals surface area contributed by atoms with Crippen LogP contribution in [0.2, 0.25) is 0 Å². The molecule has 0 spiro atoms. The van der Waals surface area contributed by atoms with E-state index < -0.39 is 5.41 Å². The Kier molecular flexibility index (Phi) is 1.84. The highest BCUT2D eigenvalue weighted by atomic mass is 16.2. The summed E-state index contributed by atoms with van der Waals surface area (Å²) in [7, 11) is 0. The van der Waals surface area contributed by atoms with Gasteiger partial charge in [0.25, 0.3) is 0 Å². The van der Waals surface area contributed by atoms with E-state index in [-0.39, 0.29) is 5.91 Å². The van der Waals surface area contributed by atoms with Gasteiger partial charge in [-0.25, -0.2) is 0 Å². The summed E-state index contributed by atoms with van der Waals surface area (Å²) in [4.78, 5) is 13.6. The second-order valence-electron chi connectivity index (χ2n) is 3.73. The molecule has 13 heavy (non-hydrogen) atoms. The lowest BCUT2D eigenvalue weighted by Gasteiger charge is -2.36. The molecule has 0 bridgehead atoms. The average molecular weight is 176 g/mol. The molecule has 0 atom stereocenters. The lowest BCUT2D eigenvalue weighted by molar-refractivity contribution is -0.141. The van der Waals surface area contributed by atoms with Gasteiger partial charge in [0, 0.05) is 13.1 Å². The van der Waals surface area contributed by atoms with Crippen LogP contribution in [-0.2, 0) is 4.79 Å². The van der Waals surface area contributed by atoms with Gasteiger partial charge in [0.2, 0.25) is 5.91 Å². The minimum Gasteiger partial charge on any atom is -0.334 e. The number of nitriles is 1. The highest BCUT2D eigenvalue weighted by molar-refractivity contribution is 5.87. The van der Waals surface area contributed by atoms with Gasteiger partial charge in [-0.1, -0.05) is 12.2 Å². The molecular weight excluding hydrogens is 164 g/mol. The van der Waals surface area contributed by atoms with Gasteiger partial charge >= 0.3 is 0 Å². The van der Waals surface area contributed by atoms with Crippen molar-refractivity contribution in [3.8, 4) is 6.07 Å². The zero-order valence-corrected chi connectivity index (χ0v) is 7.49. The molecule has 1 amide bonds. The molecule has 1 heterocycles. The van der Waals surface area contributed by atoms with Crippen molar-refractivity contribution < 1.29 is 4.79 Å². The molecular formula is C10H12N2O. The maximum Gasteiger partial charge on any atom is 0.243 e. The molecule has 3 nitrogen and oxygen atoms in total. The fourth-order valence-corrected chi connectivity index (χ4v) is 1.85. The number of carbonyl (C=O) groups excluding carboxylic acids is 1. The van der Waals surface area contributed by atoms with Crippen molar-refractivity contribution in [1.29, 1.82) is 5.26 Å². The van der Waals surface area contributed by atoms with E-state index in [2.05, 4.69) is 6.07 Å². The van der Waals surface area contributed by atoms with Gasteiger partial charge in [-0.15, -0.1) is 0 Å². The third-order valence-electron chi connectivity index (χ3n) is 2.94. The Hall–Kier alpha value is -1.30.